The highest BCUT2D eigenvalue weighted by molar-refractivity contribution is 7.18. The highest BCUT2D eigenvalue weighted by Gasteiger charge is 2.28. The van der Waals surface area contributed by atoms with Crippen LogP contribution < -0.4 is 15.4 Å². The molecule has 0 unspecified atom stereocenters. The standard InChI is InChI=1S/C22H26N2O5S/c1-4-29-22(27)17-13(2)18(20(26)23-15-7-5-6-8-15)30-21(17)24-19(25)14-9-11-16(28-3)12-10-14/h9-12,15H,4-8H2,1-3H3,(H,23,26)(H,24,25). The van der Waals surface area contributed by atoms with E-state index in [1.165, 1.54) is 0 Å². The second-order valence-corrected chi connectivity index (χ2v) is 8.14. The summed E-state index contributed by atoms with van der Waals surface area (Å²) in [4.78, 5) is 38.5. The monoisotopic (exact) mass is 430 g/mol. The molecule has 30 heavy (non-hydrogen) atoms. The van der Waals surface area contributed by atoms with Crippen LogP contribution in [0.3, 0.4) is 0 Å². The van der Waals surface area contributed by atoms with Crippen LogP contribution in [-0.2, 0) is 4.74 Å². The van der Waals surface area contributed by atoms with Crippen molar-refractivity contribution < 1.29 is 23.9 Å². The third-order valence-electron chi connectivity index (χ3n) is 5.10. The van der Waals surface area contributed by atoms with Crippen molar-refractivity contribution in [2.75, 3.05) is 19.0 Å². The molecule has 0 saturated heterocycles. The van der Waals surface area contributed by atoms with Crippen molar-refractivity contribution in [2.45, 2.75) is 45.6 Å². The number of anilines is 1. The van der Waals surface area contributed by atoms with Gasteiger partial charge in [-0.3, -0.25) is 9.59 Å². The average Bonchev–Trinajstić information content (AvgIpc) is 3.35. The molecule has 2 amide bonds. The Morgan fingerprint density at radius 2 is 1.77 bits per heavy atom. The summed E-state index contributed by atoms with van der Waals surface area (Å²) < 4.78 is 10.3. The van der Waals surface area contributed by atoms with Crippen molar-refractivity contribution in [3.63, 3.8) is 0 Å². The van der Waals surface area contributed by atoms with E-state index in [4.69, 9.17) is 9.47 Å². The van der Waals surface area contributed by atoms with Crippen molar-refractivity contribution in [2.24, 2.45) is 0 Å². The van der Waals surface area contributed by atoms with Crippen molar-refractivity contribution in [1.82, 2.24) is 5.32 Å². The SMILES string of the molecule is CCOC(=O)c1c(NC(=O)c2ccc(OC)cc2)sc(C(=O)NC2CCCC2)c1C. The van der Waals surface area contributed by atoms with E-state index >= 15 is 0 Å². The van der Waals surface area contributed by atoms with Gasteiger partial charge in [0.05, 0.1) is 24.2 Å². The Kier molecular flexibility index (Phi) is 7.10. The zero-order valence-electron chi connectivity index (χ0n) is 17.4. The number of ether oxygens (including phenoxy) is 2. The van der Waals surface area contributed by atoms with Gasteiger partial charge in [0, 0.05) is 11.6 Å². The number of carbonyl (C=O) groups is 3. The van der Waals surface area contributed by atoms with Crippen LogP contribution in [0, 0.1) is 6.92 Å². The van der Waals surface area contributed by atoms with Crippen LogP contribution in [0.5, 0.6) is 5.75 Å². The number of hydrogen-bond donors (Lipinski definition) is 2. The summed E-state index contributed by atoms with van der Waals surface area (Å²) in [6.07, 6.45) is 4.13. The average molecular weight is 431 g/mol. The lowest BCUT2D eigenvalue weighted by Crippen LogP contribution is -2.32. The first kappa shape index (κ1) is 21.8. The largest absolute Gasteiger partial charge is 0.497 e. The molecule has 7 nitrogen and oxygen atoms in total. The van der Waals surface area contributed by atoms with Crippen molar-refractivity contribution >= 4 is 34.1 Å². The molecular weight excluding hydrogens is 404 g/mol. The van der Waals surface area contributed by atoms with Gasteiger partial charge in [0.15, 0.2) is 0 Å². The molecule has 1 aliphatic carbocycles. The van der Waals surface area contributed by atoms with Crippen LogP contribution in [-0.4, -0.2) is 37.5 Å². The normalized spacial score (nSPS) is 13.7. The molecule has 1 fully saturated rings. The summed E-state index contributed by atoms with van der Waals surface area (Å²) in [6.45, 7) is 3.61. The Bertz CT molecular complexity index is 930. The van der Waals surface area contributed by atoms with Crippen LogP contribution in [0.2, 0.25) is 0 Å². The fourth-order valence-corrected chi connectivity index (χ4v) is 4.60. The Morgan fingerprint density at radius 1 is 1.10 bits per heavy atom. The Morgan fingerprint density at radius 3 is 2.37 bits per heavy atom. The van der Waals surface area contributed by atoms with Gasteiger partial charge in [0.25, 0.3) is 11.8 Å². The van der Waals surface area contributed by atoms with Crippen LogP contribution >= 0.6 is 11.3 Å². The Balaban J connectivity index is 1.87. The molecule has 0 spiro atoms. The summed E-state index contributed by atoms with van der Waals surface area (Å²) in [5.41, 5.74) is 1.15. The van der Waals surface area contributed by atoms with Crippen LogP contribution in [0.15, 0.2) is 24.3 Å². The van der Waals surface area contributed by atoms with E-state index in [1.54, 1.807) is 45.2 Å². The number of amides is 2. The molecule has 1 aromatic heterocycles. The van der Waals surface area contributed by atoms with E-state index in [2.05, 4.69) is 10.6 Å². The minimum absolute atomic E-state index is 0.155. The summed E-state index contributed by atoms with van der Waals surface area (Å²) in [7, 11) is 1.55. The quantitative estimate of drug-likeness (QED) is 0.643. The second kappa shape index (κ2) is 9.75. The highest BCUT2D eigenvalue weighted by atomic mass is 32.1. The van der Waals surface area contributed by atoms with Crippen molar-refractivity contribution in [3.8, 4) is 5.75 Å². The zero-order chi connectivity index (χ0) is 21.7. The van der Waals surface area contributed by atoms with Crippen molar-refractivity contribution in [3.05, 3.63) is 45.8 Å². The molecule has 2 aromatic rings. The fourth-order valence-electron chi connectivity index (χ4n) is 3.51. The van der Waals surface area contributed by atoms with E-state index in [-0.39, 0.29) is 30.0 Å². The number of carbonyl (C=O) groups excluding carboxylic acids is 3. The van der Waals surface area contributed by atoms with Gasteiger partial charge in [0.2, 0.25) is 0 Å². The lowest BCUT2D eigenvalue weighted by Gasteiger charge is -2.11. The first-order valence-corrected chi connectivity index (χ1v) is 10.8. The van der Waals surface area contributed by atoms with E-state index in [0.29, 0.717) is 26.8 Å². The number of methoxy groups -OCH3 is 1. The number of rotatable bonds is 7. The predicted octanol–water partition coefficient (Wildman–Crippen LogP) is 4.17. The molecule has 0 bridgehead atoms. The molecule has 8 heteroatoms. The maximum Gasteiger partial charge on any atom is 0.341 e. The maximum atomic E-state index is 12.8. The van der Waals surface area contributed by atoms with E-state index in [1.807, 2.05) is 0 Å². The van der Waals surface area contributed by atoms with Gasteiger partial charge in [-0.25, -0.2) is 4.79 Å². The Hall–Kier alpha value is -2.87. The Labute approximate surface area is 179 Å². The second-order valence-electron chi connectivity index (χ2n) is 7.12. The molecule has 1 aliphatic rings. The van der Waals surface area contributed by atoms with Gasteiger partial charge in [-0.15, -0.1) is 11.3 Å². The van der Waals surface area contributed by atoms with Gasteiger partial charge in [-0.1, -0.05) is 12.8 Å². The summed E-state index contributed by atoms with van der Waals surface area (Å²) in [6, 6.07) is 6.78. The highest BCUT2D eigenvalue weighted by Crippen LogP contribution is 2.34. The third-order valence-corrected chi connectivity index (χ3v) is 6.31. The fraction of sp³-hybridized carbons (Fsp3) is 0.409. The first-order valence-electron chi connectivity index (χ1n) is 10.0. The first-order chi connectivity index (χ1) is 14.4. The summed E-state index contributed by atoms with van der Waals surface area (Å²) in [5.74, 6) is -0.528. The summed E-state index contributed by atoms with van der Waals surface area (Å²) >= 11 is 1.09. The topological polar surface area (TPSA) is 93.7 Å². The smallest absolute Gasteiger partial charge is 0.341 e. The molecule has 1 heterocycles. The van der Waals surface area contributed by atoms with E-state index < -0.39 is 5.97 Å². The van der Waals surface area contributed by atoms with Gasteiger partial charge in [-0.05, 0) is 56.5 Å². The number of thiophene rings is 1. The number of hydrogen-bond acceptors (Lipinski definition) is 6. The van der Waals surface area contributed by atoms with Crippen LogP contribution in [0.1, 0.15) is 68.6 Å². The van der Waals surface area contributed by atoms with E-state index in [0.717, 1.165) is 37.0 Å². The predicted molar refractivity (Wildman–Crippen MR) is 116 cm³/mol. The molecule has 0 aliphatic heterocycles. The van der Waals surface area contributed by atoms with Gasteiger partial charge in [0.1, 0.15) is 10.8 Å². The lowest BCUT2D eigenvalue weighted by atomic mass is 10.1. The molecule has 1 aromatic carbocycles. The molecule has 0 radical (unpaired) electrons. The van der Waals surface area contributed by atoms with Gasteiger partial charge < -0.3 is 20.1 Å². The van der Waals surface area contributed by atoms with E-state index in [9.17, 15) is 14.4 Å². The number of benzene rings is 1. The molecule has 1 saturated carbocycles. The molecule has 3 rings (SSSR count). The molecule has 160 valence electrons. The van der Waals surface area contributed by atoms with Crippen LogP contribution in [0.25, 0.3) is 0 Å². The minimum atomic E-state index is -0.559. The third kappa shape index (κ3) is 4.81. The lowest BCUT2D eigenvalue weighted by molar-refractivity contribution is 0.0527. The molecular formula is C22H26N2O5S. The minimum Gasteiger partial charge on any atom is -0.497 e. The molecule has 0 atom stereocenters. The van der Waals surface area contributed by atoms with Gasteiger partial charge in [-0.2, -0.15) is 0 Å². The number of esters is 1. The number of nitrogens with one attached hydrogen (secondary N) is 2. The molecule has 2 N–H and O–H groups in total. The van der Waals surface area contributed by atoms with Crippen LogP contribution in [0.4, 0.5) is 5.00 Å². The zero-order valence-corrected chi connectivity index (χ0v) is 18.2. The summed E-state index contributed by atoms with van der Waals surface area (Å²) in [5, 5.41) is 6.12. The van der Waals surface area contributed by atoms with Gasteiger partial charge >= 0.3 is 5.97 Å². The maximum absolute atomic E-state index is 12.8. The van der Waals surface area contributed by atoms with Crippen molar-refractivity contribution in [1.29, 1.82) is 0 Å².